The summed E-state index contributed by atoms with van der Waals surface area (Å²) in [5.41, 5.74) is 0. The van der Waals surface area contributed by atoms with E-state index in [1.54, 1.807) is 4.90 Å². The van der Waals surface area contributed by atoms with Crippen molar-refractivity contribution < 1.29 is 9.59 Å². The molecule has 0 spiro atoms. The van der Waals surface area contributed by atoms with Gasteiger partial charge in [-0.05, 0) is 12.8 Å². The Kier molecular flexibility index (Phi) is 4.14. The highest BCUT2D eigenvalue weighted by Crippen LogP contribution is 2.22. The van der Waals surface area contributed by atoms with Gasteiger partial charge < -0.3 is 10.2 Å². The lowest BCUT2D eigenvalue weighted by atomic mass is 10.1. The van der Waals surface area contributed by atoms with Gasteiger partial charge in [-0.1, -0.05) is 25.2 Å². The fourth-order valence-corrected chi connectivity index (χ4v) is 2.71. The molecule has 7 heteroatoms. The van der Waals surface area contributed by atoms with Crippen molar-refractivity contribution in [3.8, 4) is 0 Å². The van der Waals surface area contributed by atoms with E-state index in [1.807, 2.05) is 6.92 Å². The van der Waals surface area contributed by atoms with Crippen LogP contribution in [-0.2, 0) is 9.59 Å². The number of carbonyl (C=O) groups excluding carboxylic acids is 2. The number of nitrogens with one attached hydrogen (secondary N) is 1. The Hall–Kier alpha value is -1.50. The van der Waals surface area contributed by atoms with Gasteiger partial charge in [-0.3, -0.25) is 9.59 Å². The Labute approximate surface area is 116 Å². The van der Waals surface area contributed by atoms with E-state index >= 15 is 0 Å². The van der Waals surface area contributed by atoms with Gasteiger partial charge in [0.25, 0.3) is 0 Å². The van der Waals surface area contributed by atoms with E-state index in [0.29, 0.717) is 24.1 Å². The predicted octanol–water partition coefficient (Wildman–Crippen LogP) is 1.29. The fourth-order valence-electron chi connectivity index (χ4n) is 2.12. The van der Waals surface area contributed by atoms with E-state index in [1.165, 1.54) is 11.3 Å². The van der Waals surface area contributed by atoms with Crippen molar-refractivity contribution in [2.75, 3.05) is 18.4 Å². The van der Waals surface area contributed by atoms with Crippen LogP contribution in [-0.4, -0.2) is 40.0 Å². The molecule has 1 aliphatic rings. The average Bonchev–Trinajstić information content (AvgIpc) is 2.86. The number of rotatable bonds is 4. The summed E-state index contributed by atoms with van der Waals surface area (Å²) in [6.45, 7) is 7.16. The normalized spacial score (nSPS) is 19.3. The first-order chi connectivity index (χ1) is 8.95. The smallest absolute Gasteiger partial charge is 0.231 e. The van der Waals surface area contributed by atoms with E-state index in [0.717, 1.165) is 5.01 Å². The molecule has 0 saturated carbocycles. The van der Waals surface area contributed by atoms with Crippen LogP contribution in [0.4, 0.5) is 5.13 Å². The first kappa shape index (κ1) is 13.9. The molecule has 0 unspecified atom stereocenters. The fraction of sp³-hybridized carbons (Fsp3) is 0.667. The quantitative estimate of drug-likeness (QED) is 0.903. The van der Waals surface area contributed by atoms with Crippen molar-refractivity contribution in [3.63, 3.8) is 0 Å². The number of aromatic nitrogens is 2. The lowest BCUT2D eigenvalue weighted by molar-refractivity contribution is -0.128. The first-order valence-corrected chi connectivity index (χ1v) is 7.16. The molecule has 1 fully saturated rings. The highest BCUT2D eigenvalue weighted by Gasteiger charge is 2.34. The lowest BCUT2D eigenvalue weighted by Crippen LogP contribution is -2.31. The Morgan fingerprint density at radius 1 is 1.53 bits per heavy atom. The Bertz CT molecular complexity index is 486. The van der Waals surface area contributed by atoms with Crippen LogP contribution >= 0.6 is 11.3 Å². The maximum atomic E-state index is 12.0. The topological polar surface area (TPSA) is 75.2 Å². The molecular formula is C12H18N4O2S. The molecule has 6 nitrogen and oxygen atoms in total. The highest BCUT2D eigenvalue weighted by atomic mass is 32.1. The zero-order valence-corrected chi connectivity index (χ0v) is 12.2. The van der Waals surface area contributed by atoms with Gasteiger partial charge in [-0.2, -0.15) is 0 Å². The largest absolute Gasteiger partial charge is 0.342 e. The molecule has 1 aliphatic heterocycles. The van der Waals surface area contributed by atoms with Gasteiger partial charge in [0.15, 0.2) is 0 Å². The third-order valence-corrected chi connectivity index (χ3v) is 3.68. The maximum Gasteiger partial charge on any atom is 0.231 e. The third kappa shape index (κ3) is 3.50. The average molecular weight is 282 g/mol. The van der Waals surface area contributed by atoms with Gasteiger partial charge >= 0.3 is 0 Å². The van der Waals surface area contributed by atoms with Crippen LogP contribution in [0.3, 0.4) is 0 Å². The van der Waals surface area contributed by atoms with Crippen LogP contribution < -0.4 is 5.32 Å². The minimum Gasteiger partial charge on any atom is -0.342 e. The summed E-state index contributed by atoms with van der Waals surface area (Å²) in [5, 5.41) is 11.7. The van der Waals surface area contributed by atoms with Crippen molar-refractivity contribution in [1.29, 1.82) is 0 Å². The molecule has 1 atom stereocenters. The molecule has 0 radical (unpaired) electrons. The number of aryl methyl sites for hydroxylation is 1. The van der Waals surface area contributed by atoms with Crippen LogP contribution in [0.25, 0.3) is 0 Å². The summed E-state index contributed by atoms with van der Waals surface area (Å²) < 4.78 is 0. The summed E-state index contributed by atoms with van der Waals surface area (Å²) in [7, 11) is 0. The second kappa shape index (κ2) is 5.64. The zero-order chi connectivity index (χ0) is 14.0. The predicted molar refractivity (Wildman–Crippen MR) is 72.8 cm³/mol. The van der Waals surface area contributed by atoms with E-state index in [2.05, 4.69) is 29.4 Å². The van der Waals surface area contributed by atoms with Gasteiger partial charge in [0.2, 0.25) is 16.9 Å². The van der Waals surface area contributed by atoms with Crippen LogP contribution in [0.1, 0.15) is 25.3 Å². The molecule has 1 saturated heterocycles. The molecule has 1 N–H and O–H groups in total. The first-order valence-electron chi connectivity index (χ1n) is 6.34. The van der Waals surface area contributed by atoms with Crippen molar-refractivity contribution in [2.24, 2.45) is 11.8 Å². The molecule has 2 heterocycles. The molecule has 0 aliphatic carbocycles. The Morgan fingerprint density at radius 3 is 2.84 bits per heavy atom. The molecule has 2 rings (SSSR count). The standard InChI is InChI=1S/C12H18N4O2S/c1-7(2)5-16-6-9(4-10(16)17)11(18)13-12-15-14-8(3)19-12/h7,9H,4-6H2,1-3H3,(H,13,15,18)/t9-/m0/s1. The number of hydrogen-bond donors (Lipinski definition) is 1. The molecule has 0 aromatic carbocycles. The molecule has 0 bridgehead atoms. The van der Waals surface area contributed by atoms with Crippen LogP contribution in [0.5, 0.6) is 0 Å². The van der Waals surface area contributed by atoms with Gasteiger partial charge in [0.1, 0.15) is 5.01 Å². The lowest BCUT2D eigenvalue weighted by Gasteiger charge is -2.18. The summed E-state index contributed by atoms with van der Waals surface area (Å²) in [6.07, 6.45) is 0.288. The van der Waals surface area contributed by atoms with Gasteiger partial charge in [0.05, 0.1) is 5.92 Å². The minimum absolute atomic E-state index is 0.0577. The molecular weight excluding hydrogens is 264 g/mol. The Morgan fingerprint density at radius 2 is 2.26 bits per heavy atom. The molecule has 1 aromatic rings. The van der Waals surface area contributed by atoms with Crippen molar-refractivity contribution in [2.45, 2.75) is 27.2 Å². The van der Waals surface area contributed by atoms with E-state index in [9.17, 15) is 9.59 Å². The minimum atomic E-state index is -0.282. The van der Waals surface area contributed by atoms with E-state index < -0.39 is 0 Å². The van der Waals surface area contributed by atoms with Crippen LogP contribution in [0, 0.1) is 18.8 Å². The van der Waals surface area contributed by atoms with Crippen LogP contribution in [0.15, 0.2) is 0 Å². The van der Waals surface area contributed by atoms with Crippen molar-refractivity contribution >= 4 is 28.3 Å². The second-order valence-corrected chi connectivity index (χ2v) is 6.39. The molecule has 1 aromatic heterocycles. The zero-order valence-electron chi connectivity index (χ0n) is 11.3. The summed E-state index contributed by atoms with van der Waals surface area (Å²) >= 11 is 1.33. The van der Waals surface area contributed by atoms with Crippen molar-refractivity contribution in [1.82, 2.24) is 15.1 Å². The third-order valence-electron chi connectivity index (χ3n) is 2.93. The van der Waals surface area contributed by atoms with Gasteiger partial charge in [-0.25, -0.2) is 0 Å². The number of nitrogens with zero attached hydrogens (tertiary/aromatic N) is 3. The molecule has 2 amide bonds. The molecule has 104 valence electrons. The SMILES string of the molecule is Cc1nnc(NC(=O)[C@H]2CC(=O)N(CC(C)C)C2)s1. The van der Waals surface area contributed by atoms with E-state index in [4.69, 9.17) is 0 Å². The number of likely N-dealkylation sites (tertiary alicyclic amines) is 1. The maximum absolute atomic E-state index is 12.0. The summed E-state index contributed by atoms with van der Waals surface area (Å²) in [5.74, 6) is 0.0464. The van der Waals surface area contributed by atoms with Gasteiger partial charge in [-0.15, -0.1) is 10.2 Å². The number of hydrogen-bond acceptors (Lipinski definition) is 5. The number of carbonyl (C=O) groups is 2. The number of amides is 2. The second-order valence-electron chi connectivity index (χ2n) is 5.21. The number of anilines is 1. The van der Waals surface area contributed by atoms with Crippen molar-refractivity contribution in [3.05, 3.63) is 5.01 Å². The van der Waals surface area contributed by atoms with Gasteiger partial charge in [0, 0.05) is 19.5 Å². The highest BCUT2D eigenvalue weighted by molar-refractivity contribution is 7.15. The molecule has 19 heavy (non-hydrogen) atoms. The Balaban J connectivity index is 1.92. The summed E-state index contributed by atoms with van der Waals surface area (Å²) in [4.78, 5) is 25.6. The van der Waals surface area contributed by atoms with Crippen LogP contribution in [0.2, 0.25) is 0 Å². The summed E-state index contributed by atoms with van der Waals surface area (Å²) in [6, 6.07) is 0. The monoisotopic (exact) mass is 282 g/mol. The van der Waals surface area contributed by atoms with E-state index in [-0.39, 0.29) is 24.2 Å².